The Hall–Kier alpha value is -2.43. The zero-order chi connectivity index (χ0) is 17.9. The Morgan fingerprint density at radius 1 is 1.04 bits per heavy atom. The summed E-state index contributed by atoms with van der Waals surface area (Å²) in [6, 6.07) is 11.6. The number of aromatic nitrogens is 1. The molecule has 2 unspecified atom stereocenters. The normalized spacial score (nSPS) is 24.2. The lowest BCUT2D eigenvalue weighted by molar-refractivity contribution is -0.126. The summed E-state index contributed by atoms with van der Waals surface area (Å²) >= 11 is 0. The van der Waals surface area contributed by atoms with Crippen molar-refractivity contribution < 1.29 is 9.59 Å². The number of hydrogen-bond donors (Lipinski definition) is 1. The molecule has 2 amide bonds. The fourth-order valence-electron chi connectivity index (χ4n) is 4.30. The molecule has 4 rings (SSSR count). The molecular weight excluding hydrogens is 326 g/mol. The van der Waals surface area contributed by atoms with Crippen molar-refractivity contribution in [3.05, 3.63) is 42.1 Å². The van der Waals surface area contributed by atoms with Crippen LogP contribution >= 0.6 is 0 Å². The van der Waals surface area contributed by atoms with E-state index in [1.54, 1.807) is 0 Å². The van der Waals surface area contributed by atoms with E-state index in [1.807, 2.05) is 41.3 Å². The van der Waals surface area contributed by atoms with Gasteiger partial charge in [-0.15, -0.1) is 0 Å². The molecule has 2 aromatic rings. The molecule has 1 saturated heterocycles. The number of nitrogens with one attached hydrogen (secondary N) is 1. The number of carbonyl (C=O) groups excluding carboxylic acids is 2. The molecular formula is C21H25N3O2. The van der Waals surface area contributed by atoms with Gasteiger partial charge in [0, 0.05) is 24.5 Å². The molecule has 5 nitrogen and oxygen atoms in total. The first-order valence-electron chi connectivity index (χ1n) is 9.68. The summed E-state index contributed by atoms with van der Waals surface area (Å²) in [6.07, 6.45) is 5.73. The van der Waals surface area contributed by atoms with Crippen LogP contribution < -0.4 is 5.32 Å². The monoisotopic (exact) mass is 351 g/mol. The van der Waals surface area contributed by atoms with Crippen LogP contribution in [0, 0.1) is 5.92 Å². The molecule has 1 aromatic heterocycles. The molecule has 2 aliphatic rings. The van der Waals surface area contributed by atoms with Crippen molar-refractivity contribution in [1.82, 2.24) is 15.2 Å². The Balaban J connectivity index is 1.64. The molecule has 0 bridgehead atoms. The minimum Gasteiger partial charge on any atom is -0.356 e. The van der Waals surface area contributed by atoms with E-state index in [2.05, 4.69) is 10.3 Å². The standard InChI is InChI=1S/C21H25N3O2/c25-20-16-8-6-10-19(16)24(14-5-1-4-13-22-20)21(26)18-12-11-15-7-2-3-9-17(15)23-18/h2-3,7,9,11-12,16,19H,1,4-6,8,10,13-14H2,(H,22,25). The number of carbonyl (C=O) groups is 2. The van der Waals surface area contributed by atoms with E-state index in [0.717, 1.165) is 56.0 Å². The lowest BCUT2D eigenvalue weighted by atomic mass is 9.99. The van der Waals surface area contributed by atoms with Gasteiger partial charge in [-0.25, -0.2) is 4.98 Å². The van der Waals surface area contributed by atoms with Crippen LogP contribution in [0.5, 0.6) is 0 Å². The molecule has 0 radical (unpaired) electrons. The Morgan fingerprint density at radius 2 is 1.92 bits per heavy atom. The summed E-state index contributed by atoms with van der Waals surface area (Å²) in [7, 11) is 0. The maximum absolute atomic E-state index is 13.3. The summed E-state index contributed by atoms with van der Waals surface area (Å²) in [5, 5.41) is 4.09. The lowest BCUT2D eigenvalue weighted by Crippen LogP contribution is -2.48. The molecule has 2 heterocycles. The molecule has 2 fully saturated rings. The SMILES string of the molecule is O=C1NCCCCCN(C(=O)c2ccc3ccccc3n2)C2CCCC12. The quantitative estimate of drug-likeness (QED) is 0.858. The molecule has 1 aliphatic carbocycles. The summed E-state index contributed by atoms with van der Waals surface area (Å²) in [6.45, 7) is 1.46. The van der Waals surface area contributed by atoms with Crippen molar-refractivity contribution in [2.24, 2.45) is 5.92 Å². The first-order chi connectivity index (χ1) is 12.7. The van der Waals surface area contributed by atoms with E-state index in [1.165, 1.54) is 0 Å². The van der Waals surface area contributed by atoms with Crippen LogP contribution in [-0.2, 0) is 4.79 Å². The maximum atomic E-state index is 13.3. The molecule has 136 valence electrons. The van der Waals surface area contributed by atoms with Crippen molar-refractivity contribution in [2.75, 3.05) is 13.1 Å². The number of nitrogens with zero attached hydrogens (tertiary/aromatic N) is 2. The Morgan fingerprint density at radius 3 is 2.85 bits per heavy atom. The summed E-state index contributed by atoms with van der Waals surface area (Å²) in [5.74, 6) is -0.0165. The first kappa shape index (κ1) is 17.0. The van der Waals surface area contributed by atoms with Crippen LogP contribution in [0.4, 0.5) is 0 Å². The molecule has 1 aromatic carbocycles. The predicted octanol–water partition coefficient (Wildman–Crippen LogP) is 3.15. The van der Waals surface area contributed by atoms with E-state index in [9.17, 15) is 9.59 Å². The average Bonchev–Trinajstić information content (AvgIpc) is 3.16. The number of hydrogen-bond acceptors (Lipinski definition) is 3. The van der Waals surface area contributed by atoms with E-state index in [-0.39, 0.29) is 23.8 Å². The van der Waals surface area contributed by atoms with Crippen LogP contribution in [0.3, 0.4) is 0 Å². The molecule has 1 aliphatic heterocycles. The number of pyridine rings is 1. The number of para-hydroxylation sites is 1. The fraction of sp³-hybridized carbons (Fsp3) is 0.476. The third-order valence-corrected chi connectivity index (χ3v) is 5.67. The third-order valence-electron chi connectivity index (χ3n) is 5.67. The molecule has 1 N–H and O–H groups in total. The van der Waals surface area contributed by atoms with Gasteiger partial charge in [-0.05, 0) is 44.2 Å². The average molecular weight is 351 g/mol. The van der Waals surface area contributed by atoms with Crippen molar-refractivity contribution in [1.29, 1.82) is 0 Å². The summed E-state index contributed by atoms with van der Waals surface area (Å²) < 4.78 is 0. The van der Waals surface area contributed by atoms with E-state index in [0.29, 0.717) is 12.2 Å². The predicted molar refractivity (Wildman–Crippen MR) is 101 cm³/mol. The largest absolute Gasteiger partial charge is 0.356 e. The fourth-order valence-corrected chi connectivity index (χ4v) is 4.30. The lowest BCUT2D eigenvalue weighted by Gasteiger charge is -2.33. The molecule has 2 atom stereocenters. The molecule has 0 spiro atoms. The Bertz CT molecular complexity index is 820. The van der Waals surface area contributed by atoms with Crippen molar-refractivity contribution in [3.8, 4) is 0 Å². The second-order valence-electron chi connectivity index (χ2n) is 7.34. The van der Waals surface area contributed by atoms with Crippen molar-refractivity contribution in [3.63, 3.8) is 0 Å². The van der Waals surface area contributed by atoms with Gasteiger partial charge in [0.05, 0.1) is 11.4 Å². The second-order valence-corrected chi connectivity index (χ2v) is 7.34. The van der Waals surface area contributed by atoms with Gasteiger partial charge in [0.2, 0.25) is 5.91 Å². The number of amides is 2. The van der Waals surface area contributed by atoms with Crippen LogP contribution in [-0.4, -0.2) is 40.8 Å². The van der Waals surface area contributed by atoms with Gasteiger partial charge in [0.15, 0.2) is 0 Å². The minimum absolute atomic E-state index is 0.00568. The number of benzene rings is 1. The number of fused-ring (bicyclic) bond motifs is 2. The van der Waals surface area contributed by atoms with Gasteiger partial charge < -0.3 is 10.2 Å². The zero-order valence-electron chi connectivity index (χ0n) is 15.0. The van der Waals surface area contributed by atoms with Crippen molar-refractivity contribution in [2.45, 2.75) is 44.6 Å². The highest BCUT2D eigenvalue weighted by Gasteiger charge is 2.39. The van der Waals surface area contributed by atoms with Crippen LogP contribution in [0.15, 0.2) is 36.4 Å². The van der Waals surface area contributed by atoms with Crippen LogP contribution in [0.1, 0.15) is 49.0 Å². The first-order valence-corrected chi connectivity index (χ1v) is 9.68. The highest BCUT2D eigenvalue weighted by atomic mass is 16.2. The maximum Gasteiger partial charge on any atom is 0.272 e. The minimum atomic E-state index is -0.0856. The van der Waals surface area contributed by atoms with Gasteiger partial charge in [-0.3, -0.25) is 9.59 Å². The van der Waals surface area contributed by atoms with Gasteiger partial charge in [0.25, 0.3) is 5.91 Å². The third kappa shape index (κ3) is 3.30. The van der Waals surface area contributed by atoms with Gasteiger partial charge in [0.1, 0.15) is 5.69 Å². The Labute approximate surface area is 153 Å². The van der Waals surface area contributed by atoms with E-state index in [4.69, 9.17) is 0 Å². The van der Waals surface area contributed by atoms with Gasteiger partial charge >= 0.3 is 0 Å². The summed E-state index contributed by atoms with van der Waals surface area (Å²) in [5.41, 5.74) is 1.31. The van der Waals surface area contributed by atoms with Crippen LogP contribution in [0.2, 0.25) is 0 Å². The second kappa shape index (κ2) is 7.44. The zero-order valence-corrected chi connectivity index (χ0v) is 15.0. The highest BCUT2D eigenvalue weighted by molar-refractivity contribution is 5.95. The van der Waals surface area contributed by atoms with E-state index >= 15 is 0 Å². The highest BCUT2D eigenvalue weighted by Crippen LogP contribution is 2.32. The van der Waals surface area contributed by atoms with E-state index < -0.39 is 0 Å². The topological polar surface area (TPSA) is 62.3 Å². The van der Waals surface area contributed by atoms with Crippen molar-refractivity contribution >= 4 is 22.7 Å². The van der Waals surface area contributed by atoms with Gasteiger partial charge in [-0.1, -0.05) is 30.7 Å². The molecule has 26 heavy (non-hydrogen) atoms. The van der Waals surface area contributed by atoms with Crippen LogP contribution in [0.25, 0.3) is 10.9 Å². The van der Waals surface area contributed by atoms with Gasteiger partial charge in [-0.2, -0.15) is 0 Å². The smallest absolute Gasteiger partial charge is 0.272 e. The molecule has 1 saturated carbocycles. The summed E-state index contributed by atoms with van der Waals surface area (Å²) in [4.78, 5) is 32.3. The number of rotatable bonds is 1. The Kier molecular flexibility index (Phi) is 4.87. The molecule has 5 heteroatoms.